The first-order valence-electron chi connectivity index (χ1n) is 5.59. The van der Waals surface area contributed by atoms with Gasteiger partial charge in [0.15, 0.2) is 0 Å². The minimum atomic E-state index is 0.0538. The van der Waals surface area contributed by atoms with Crippen molar-refractivity contribution in [2.45, 2.75) is 20.3 Å². The molecule has 0 aliphatic heterocycles. The van der Waals surface area contributed by atoms with E-state index in [0.717, 1.165) is 24.0 Å². The van der Waals surface area contributed by atoms with Gasteiger partial charge in [-0.1, -0.05) is 13.8 Å². The number of nitrogens with zero attached hydrogens (tertiary/aromatic N) is 1. The molecule has 0 fully saturated rings. The van der Waals surface area contributed by atoms with E-state index in [9.17, 15) is 4.79 Å². The molecule has 0 saturated heterocycles. The third-order valence-electron chi connectivity index (χ3n) is 2.46. The van der Waals surface area contributed by atoms with E-state index in [1.54, 1.807) is 0 Å². The van der Waals surface area contributed by atoms with Crippen LogP contribution in [0.5, 0.6) is 0 Å². The molecule has 0 aromatic heterocycles. The fraction of sp³-hybridized carbons (Fsp3) is 0.909. The Labute approximate surface area is 92.9 Å². The third kappa shape index (κ3) is 7.33. The van der Waals surface area contributed by atoms with E-state index >= 15 is 0 Å². The summed E-state index contributed by atoms with van der Waals surface area (Å²) >= 11 is 0. The van der Waals surface area contributed by atoms with E-state index in [-0.39, 0.29) is 18.4 Å². The van der Waals surface area contributed by atoms with Crippen molar-refractivity contribution >= 4 is 5.91 Å². The van der Waals surface area contributed by atoms with Crippen molar-refractivity contribution in [1.29, 1.82) is 0 Å². The summed E-state index contributed by atoms with van der Waals surface area (Å²) in [6.45, 7) is 6.56. The highest BCUT2D eigenvalue weighted by atomic mass is 16.3. The van der Waals surface area contributed by atoms with Crippen LogP contribution >= 0.6 is 0 Å². The first-order chi connectivity index (χ1) is 6.89. The van der Waals surface area contributed by atoms with Gasteiger partial charge in [-0.25, -0.2) is 0 Å². The normalized spacial score (nSPS) is 11.9. The number of carbonyl (C=O) groups is 1. The molecule has 0 rings (SSSR count). The summed E-state index contributed by atoms with van der Waals surface area (Å²) < 4.78 is 0.832. The summed E-state index contributed by atoms with van der Waals surface area (Å²) in [6.07, 6.45) is 0.811. The largest absolute Gasteiger partial charge is 0.396 e. The molecule has 0 unspecified atom stereocenters. The number of amides is 1. The quantitative estimate of drug-likeness (QED) is 0.599. The summed E-state index contributed by atoms with van der Waals surface area (Å²) in [4.78, 5) is 11.3. The topological polar surface area (TPSA) is 49.3 Å². The van der Waals surface area contributed by atoms with Gasteiger partial charge in [0, 0.05) is 18.9 Å². The van der Waals surface area contributed by atoms with Crippen LogP contribution in [0.15, 0.2) is 0 Å². The average molecular weight is 217 g/mol. The minimum absolute atomic E-state index is 0.0538. The molecule has 15 heavy (non-hydrogen) atoms. The molecule has 0 aliphatic carbocycles. The number of quaternary nitrogens is 1. The molecule has 0 radical (unpaired) electrons. The first kappa shape index (κ1) is 14.4. The molecule has 4 nitrogen and oxygen atoms in total. The Kier molecular flexibility index (Phi) is 6.52. The van der Waals surface area contributed by atoms with Crippen LogP contribution in [-0.4, -0.2) is 55.8 Å². The van der Waals surface area contributed by atoms with Crippen molar-refractivity contribution in [3.63, 3.8) is 0 Å². The van der Waals surface area contributed by atoms with Gasteiger partial charge >= 0.3 is 0 Å². The maximum atomic E-state index is 11.3. The molecule has 0 atom stereocenters. The lowest BCUT2D eigenvalue weighted by Gasteiger charge is -2.29. The molecule has 0 aromatic carbocycles. The van der Waals surface area contributed by atoms with E-state index in [0.29, 0.717) is 6.54 Å². The zero-order valence-electron chi connectivity index (χ0n) is 10.4. The number of hydrogen-bond donors (Lipinski definition) is 2. The Balaban J connectivity index is 3.69. The second kappa shape index (κ2) is 6.80. The van der Waals surface area contributed by atoms with E-state index in [1.807, 2.05) is 13.8 Å². The molecule has 0 spiro atoms. The van der Waals surface area contributed by atoms with Crippen molar-refractivity contribution in [3.05, 3.63) is 0 Å². The average Bonchev–Trinajstić information content (AvgIpc) is 2.14. The summed E-state index contributed by atoms with van der Waals surface area (Å²) in [5.41, 5.74) is 0. The fourth-order valence-electron chi connectivity index (χ4n) is 1.30. The van der Waals surface area contributed by atoms with Crippen molar-refractivity contribution in [3.8, 4) is 0 Å². The summed E-state index contributed by atoms with van der Waals surface area (Å²) in [5, 5.41) is 11.6. The molecule has 0 aromatic rings. The van der Waals surface area contributed by atoms with Crippen LogP contribution in [0.2, 0.25) is 0 Å². The molecule has 2 N–H and O–H groups in total. The SMILES string of the molecule is CC(C)C(=O)NCC[N+](C)(C)CCCO. The van der Waals surface area contributed by atoms with Crippen LogP contribution in [0.4, 0.5) is 0 Å². The van der Waals surface area contributed by atoms with Gasteiger partial charge in [-0.15, -0.1) is 0 Å². The second-order valence-corrected chi connectivity index (χ2v) is 4.91. The lowest BCUT2D eigenvalue weighted by atomic mass is 10.2. The Hall–Kier alpha value is -0.610. The predicted molar refractivity (Wildman–Crippen MR) is 61.4 cm³/mol. The standard InChI is InChI=1S/C11H24N2O2/c1-10(2)11(15)12-6-8-13(3,4)7-5-9-14/h10,14H,5-9H2,1-4H3/p+1. The maximum Gasteiger partial charge on any atom is 0.222 e. The highest BCUT2D eigenvalue weighted by Gasteiger charge is 2.14. The van der Waals surface area contributed by atoms with Gasteiger partial charge < -0.3 is 14.9 Å². The molecule has 0 saturated carbocycles. The molecule has 0 aliphatic rings. The number of nitrogens with one attached hydrogen (secondary N) is 1. The van der Waals surface area contributed by atoms with Gasteiger partial charge in [0.25, 0.3) is 0 Å². The Morgan fingerprint density at radius 2 is 1.93 bits per heavy atom. The first-order valence-corrected chi connectivity index (χ1v) is 5.59. The minimum Gasteiger partial charge on any atom is -0.396 e. The van der Waals surface area contributed by atoms with Gasteiger partial charge in [0.2, 0.25) is 5.91 Å². The summed E-state index contributed by atoms with van der Waals surface area (Å²) in [6, 6.07) is 0. The van der Waals surface area contributed by atoms with E-state index in [4.69, 9.17) is 5.11 Å². The Morgan fingerprint density at radius 1 is 1.33 bits per heavy atom. The van der Waals surface area contributed by atoms with Gasteiger partial charge in [-0.3, -0.25) is 4.79 Å². The molecular weight excluding hydrogens is 192 g/mol. The summed E-state index contributed by atoms with van der Waals surface area (Å²) in [5.74, 6) is 0.162. The monoisotopic (exact) mass is 217 g/mol. The van der Waals surface area contributed by atoms with Crippen LogP contribution < -0.4 is 5.32 Å². The highest BCUT2D eigenvalue weighted by Crippen LogP contribution is 1.98. The molecule has 0 heterocycles. The molecule has 0 bridgehead atoms. The predicted octanol–water partition coefficient (Wildman–Crippen LogP) is 0.217. The molecular formula is C11H25N2O2+. The van der Waals surface area contributed by atoms with Crippen molar-refractivity contribution in [1.82, 2.24) is 5.32 Å². The number of aliphatic hydroxyl groups excluding tert-OH is 1. The zero-order chi connectivity index (χ0) is 11.9. The van der Waals surface area contributed by atoms with E-state index in [2.05, 4.69) is 19.4 Å². The lowest BCUT2D eigenvalue weighted by Crippen LogP contribution is -2.46. The van der Waals surface area contributed by atoms with Crippen molar-refractivity contribution < 1.29 is 14.4 Å². The van der Waals surface area contributed by atoms with Gasteiger partial charge in [-0.05, 0) is 0 Å². The van der Waals surface area contributed by atoms with Gasteiger partial charge in [0.05, 0.1) is 33.7 Å². The van der Waals surface area contributed by atoms with Crippen LogP contribution in [-0.2, 0) is 4.79 Å². The summed E-state index contributed by atoms with van der Waals surface area (Å²) in [7, 11) is 4.22. The van der Waals surface area contributed by atoms with Crippen LogP contribution in [0.3, 0.4) is 0 Å². The molecule has 4 heteroatoms. The van der Waals surface area contributed by atoms with E-state index < -0.39 is 0 Å². The fourth-order valence-corrected chi connectivity index (χ4v) is 1.30. The molecule has 1 amide bonds. The Bertz CT molecular complexity index is 191. The van der Waals surface area contributed by atoms with Crippen molar-refractivity contribution in [2.24, 2.45) is 5.92 Å². The van der Waals surface area contributed by atoms with Gasteiger partial charge in [-0.2, -0.15) is 0 Å². The van der Waals surface area contributed by atoms with Crippen LogP contribution in [0.1, 0.15) is 20.3 Å². The number of rotatable bonds is 7. The highest BCUT2D eigenvalue weighted by molar-refractivity contribution is 5.77. The number of hydrogen-bond acceptors (Lipinski definition) is 2. The third-order valence-corrected chi connectivity index (χ3v) is 2.46. The second-order valence-electron chi connectivity index (χ2n) is 4.91. The maximum absolute atomic E-state index is 11.3. The number of aliphatic hydroxyl groups is 1. The van der Waals surface area contributed by atoms with Crippen LogP contribution in [0, 0.1) is 5.92 Å². The Morgan fingerprint density at radius 3 is 2.40 bits per heavy atom. The zero-order valence-corrected chi connectivity index (χ0v) is 10.4. The number of carbonyl (C=O) groups excluding carboxylic acids is 1. The van der Waals surface area contributed by atoms with Gasteiger partial charge in [0.1, 0.15) is 0 Å². The molecule has 90 valence electrons. The van der Waals surface area contributed by atoms with Crippen LogP contribution in [0.25, 0.3) is 0 Å². The lowest BCUT2D eigenvalue weighted by molar-refractivity contribution is -0.889. The smallest absolute Gasteiger partial charge is 0.222 e. The van der Waals surface area contributed by atoms with Crippen molar-refractivity contribution in [2.75, 3.05) is 40.3 Å². The number of likely N-dealkylation sites (N-methyl/N-ethyl adjacent to an activating group) is 1. The van der Waals surface area contributed by atoms with E-state index in [1.165, 1.54) is 0 Å².